The van der Waals surface area contributed by atoms with Crippen LogP contribution in [0.3, 0.4) is 0 Å². The molecule has 6 nitrogen and oxygen atoms in total. The summed E-state index contributed by atoms with van der Waals surface area (Å²) < 4.78 is 0. The minimum absolute atomic E-state index is 0.251. The smallest absolute Gasteiger partial charge is 0.255 e. The van der Waals surface area contributed by atoms with Crippen LogP contribution in [-0.4, -0.2) is 24.3 Å². The SMILES string of the molecule is Cc1ccc(C(=O)Nc2c[c]cc(C(=O)NCC(N)=O)c2)cc1. The van der Waals surface area contributed by atoms with Crippen LogP contribution in [0.4, 0.5) is 5.69 Å². The van der Waals surface area contributed by atoms with E-state index in [1.807, 2.05) is 19.1 Å². The first-order chi connectivity index (χ1) is 11.0. The highest BCUT2D eigenvalue weighted by atomic mass is 16.2. The number of nitrogens with one attached hydrogen (secondary N) is 2. The van der Waals surface area contributed by atoms with Gasteiger partial charge >= 0.3 is 0 Å². The molecule has 0 aliphatic heterocycles. The van der Waals surface area contributed by atoms with Crippen molar-refractivity contribution in [3.05, 3.63) is 65.2 Å². The number of benzene rings is 2. The van der Waals surface area contributed by atoms with Crippen LogP contribution >= 0.6 is 0 Å². The number of primary amides is 1. The van der Waals surface area contributed by atoms with Crippen molar-refractivity contribution in [2.24, 2.45) is 5.73 Å². The van der Waals surface area contributed by atoms with E-state index in [4.69, 9.17) is 5.73 Å². The van der Waals surface area contributed by atoms with Crippen LogP contribution in [0, 0.1) is 13.0 Å². The van der Waals surface area contributed by atoms with Crippen molar-refractivity contribution in [1.29, 1.82) is 0 Å². The zero-order valence-corrected chi connectivity index (χ0v) is 12.6. The Balaban J connectivity index is 2.07. The second kappa shape index (κ2) is 7.22. The molecule has 0 atom stereocenters. The summed E-state index contributed by atoms with van der Waals surface area (Å²) in [5.41, 5.74) is 7.25. The van der Waals surface area contributed by atoms with Gasteiger partial charge < -0.3 is 16.4 Å². The van der Waals surface area contributed by atoms with Gasteiger partial charge in [0.2, 0.25) is 5.91 Å². The topological polar surface area (TPSA) is 101 Å². The summed E-state index contributed by atoms with van der Waals surface area (Å²) in [4.78, 5) is 34.6. The molecule has 3 amide bonds. The molecule has 2 rings (SSSR count). The van der Waals surface area contributed by atoms with Gasteiger partial charge in [0.1, 0.15) is 0 Å². The van der Waals surface area contributed by atoms with Gasteiger partial charge in [-0.1, -0.05) is 17.7 Å². The van der Waals surface area contributed by atoms with Crippen LogP contribution in [0.2, 0.25) is 0 Å². The molecule has 1 radical (unpaired) electrons. The Hall–Kier alpha value is -3.15. The summed E-state index contributed by atoms with van der Waals surface area (Å²) in [6.07, 6.45) is 0. The number of nitrogens with two attached hydrogens (primary N) is 1. The van der Waals surface area contributed by atoms with Gasteiger partial charge in [0.25, 0.3) is 11.8 Å². The number of rotatable bonds is 5. The number of carbonyl (C=O) groups excluding carboxylic acids is 3. The third kappa shape index (κ3) is 4.67. The summed E-state index contributed by atoms with van der Waals surface area (Å²) in [6, 6.07) is 14.4. The van der Waals surface area contributed by atoms with E-state index >= 15 is 0 Å². The second-order valence-electron chi connectivity index (χ2n) is 4.98. The lowest BCUT2D eigenvalue weighted by Gasteiger charge is -2.08. The van der Waals surface area contributed by atoms with Gasteiger partial charge in [-0.25, -0.2) is 0 Å². The van der Waals surface area contributed by atoms with Gasteiger partial charge in [-0.05, 0) is 43.3 Å². The van der Waals surface area contributed by atoms with Gasteiger partial charge in [-0.2, -0.15) is 0 Å². The lowest BCUT2D eigenvalue weighted by molar-refractivity contribution is -0.117. The van der Waals surface area contributed by atoms with Crippen LogP contribution < -0.4 is 16.4 Å². The van der Waals surface area contributed by atoms with Crippen LogP contribution in [0.15, 0.2) is 42.5 Å². The molecule has 4 N–H and O–H groups in total. The molecule has 117 valence electrons. The predicted octanol–water partition coefficient (Wildman–Crippen LogP) is 1.26. The van der Waals surface area contributed by atoms with Gasteiger partial charge in [0, 0.05) is 16.8 Å². The quantitative estimate of drug-likeness (QED) is 0.775. The monoisotopic (exact) mass is 310 g/mol. The highest BCUT2D eigenvalue weighted by Crippen LogP contribution is 2.12. The minimum atomic E-state index is -0.633. The molecule has 0 aliphatic carbocycles. The number of hydrogen-bond donors (Lipinski definition) is 3. The molecular weight excluding hydrogens is 294 g/mol. The van der Waals surface area contributed by atoms with Crippen molar-refractivity contribution in [1.82, 2.24) is 5.32 Å². The van der Waals surface area contributed by atoms with Crippen LogP contribution in [0.5, 0.6) is 0 Å². The number of aryl methyl sites for hydroxylation is 1. The van der Waals surface area contributed by atoms with E-state index in [1.54, 1.807) is 18.2 Å². The Morgan fingerprint density at radius 1 is 1.04 bits per heavy atom. The molecule has 0 aliphatic rings. The third-order valence-corrected chi connectivity index (χ3v) is 3.05. The first-order valence-electron chi connectivity index (χ1n) is 6.91. The normalized spacial score (nSPS) is 9.96. The average Bonchev–Trinajstić information content (AvgIpc) is 2.53. The number of anilines is 1. The average molecular weight is 310 g/mol. The fraction of sp³-hybridized carbons (Fsp3) is 0.118. The first kappa shape index (κ1) is 16.2. The lowest BCUT2D eigenvalue weighted by Crippen LogP contribution is -2.33. The molecule has 0 saturated heterocycles. The molecule has 2 aromatic rings. The molecule has 0 fully saturated rings. The van der Waals surface area contributed by atoms with Crippen molar-refractivity contribution in [3.63, 3.8) is 0 Å². The molecule has 0 heterocycles. The van der Waals surface area contributed by atoms with Crippen LogP contribution in [0.1, 0.15) is 26.3 Å². The van der Waals surface area contributed by atoms with E-state index in [-0.39, 0.29) is 18.0 Å². The van der Waals surface area contributed by atoms with Crippen molar-refractivity contribution < 1.29 is 14.4 Å². The van der Waals surface area contributed by atoms with Gasteiger partial charge in [0.15, 0.2) is 0 Å². The zero-order chi connectivity index (χ0) is 16.8. The molecule has 2 aromatic carbocycles. The summed E-state index contributed by atoms with van der Waals surface area (Å²) in [6.45, 7) is 1.68. The van der Waals surface area contributed by atoms with Crippen LogP contribution in [0.25, 0.3) is 0 Å². The summed E-state index contributed by atoms with van der Waals surface area (Å²) in [7, 11) is 0. The fourth-order valence-electron chi connectivity index (χ4n) is 1.85. The maximum absolute atomic E-state index is 12.1. The third-order valence-electron chi connectivity index (χ3n) is 3.05. The molecule has 6 heteroatoms. The van der Waals surface area contributed by atoms with E-state index < -0.39 is 11.8 Å². The Morgan fingerprint density at radius 2 is 1.74 bits per heavy atom. The van der Waals surface area contributed by atoms with Crippen molar-refractivity contribution in [3.8, 4) is 0 Å². The standard InChI is InChI=1S/C17H16N3O3/c1-11-5-7-12(8-6-11)17(23)20-14-4-2-3-13(9-14)16(22)19-10-15(18)21/h3-9H,10H2,1H3,(H2,18,21)(H,19,22)(H,20,23). The van der Waals surface area contributed by atoms with E-state index in [2.05, 4.69) is 16.7 Å². The summed E-state index contributed by atoms with van der Waals surface area (Å²) in [5.74, 6) is -1.38. The molecule has 23 heavy (non-hydrogen) atoms. The Labute approximate surface area is 133 Å². The fourth-order valence-corrected chi connectivity index (χ4v) is 1.85. The largest absolute Gasteiger partial charge is 0.368 e. The van der Waals surface area contributed by atoms with Gasteiger partial charge in [-0.15, -0.1) is 0 Å². The minimum Gasteiger partial charge on any atom is -0.368 e. The van der Waals surface area contributed by atoms with Crippen molar-refractivity contribution >= 4 is 23.4 Å². The number of hydrogen-bond acceptors (Lipinski definition) is 3. The van der Waals surface area contributed by atoms with Gasteiger partial charge in [0.05, 0.1) is 6.54 Å². The Morgan fingerprint density at radius 3 is 2.39 bits per heavy atom. The summed E-state index contributed by atoms with van der Waals surface area (Å²) >= 11 is 0. The molecule has 0 aromatic heterocycles. The van der Waals surface area contributed by atoms with E-state index in [0.29, 0.717) is 11.3 Å². The second-order valence-corrected chi connectivity index (χ2v) is 4.98. The molecule has 0 bridgehead atoms. The first-order valence-corrected chi connectivity index (χ1v) is 6.91. The highest BCUT2D eigenvalue weighted by Gasteiger charge is 2.10. The van der Waals surface area contributed by atoms with E-state index in [9.17, 15) is 14.4 Å². The molecule has 0 spiro atoms. The maximum atomic E-state index is 12.1. The van der Waals surface area contributed by atoms with E-state index in [1.165, 1.54) is 12.1 Å². The Kier molecular flexibility index (Phi) is 5.09. The molecule has 0 saturated carbocycles. The highest BCUT2D eigenvalue weighted by molar-refractivity contribution is 6.05. The number of amides is 3. The molecular formula is C17H16N3O3. The maximum Gasteiger partial charge on any atom is 0.255 e. The van der Waals surface area contributed by atoms with Crippen LogP contribution in [-0.2, 0) is 4.79 Å². The summed E-state index contributed by atoms with van der Waals surface area (Å²) in [5, 5.41) is 5.07. The number of carbonyl (C=O) groups is 3. The Bertz CT molecular complexity index is 739. The van der Waals surface area contributed by atoms with Crippen molar-refractivity contribution in [2.45, 2.75) is 6.92 Å². The molecule has 0 unspecified atom stereocenters. The lowest BCUT2D eigenvalue weighted by atomic mass is 10.1. The van der Waals surface area contributed by atoms with Crippen molar-refractivity contribution in [2.75, 3.05) is 11.9 Å². The zero-order valence-electron chi connectivity index (χ0n) is 12.6. The predicted molar refractivity (Wildman–Crippen MR) is 85.9 cm³/mol. The van der Waals surface area contributed by atoms with E-state index in [0.717, 1.165) is 5.56 Å². The van der Waals surface area contributed by atoms with Gasteiger partial charge in [-0.3, -0.25) is 14.4 Å².